The molecule has 0 aliphatic carbocycles. The minimum Gasteiger partial charge on any atom is -0.494 e. The Morgan fingerprint density at radius 1 is 1.23 bits per heavy atom. The largest absolute Gasteiger partial charge is 0.494 e. The molecular weight excluding hydrogens is 424 g/mol. The molecule has 3 aromatic heterocycles. The molecule has 0 unspecified atom stereocenters. The van der Waals surface area contributed by atoms with Crippen molar-refractivity contribution < 1.29 is 8.95 Å². The third-order valence-electron chi connectivity index (χ3n) is 4.21. The lowest BCUT2D eigenvalue weighted by molar-refractivity contribution is 0.417. The molecule has 0 radical (unpaired) electrons. The van der Waals surface area contributed by atoms with Gasteiger partial charge in [-0.25, -0.2) is 19.2 Å². The van der Waals surface area contributed by atoms with Gasteiger partial charge in [-0.2, -0.15) is 4.36 Å². The lowest BCUT2D eigenvalue weighted by atomic mass is 10.1. The highest BCUT2D eigenvalue weighted by atomic mass is 35.5. The predicted molar refractivity (Wildman–Crippen MR) is 120 cm³/mol. The summed E-state index contributed by atoms with van der Waals surface area (Å²) in [4.78, 5) is 16.3. The van der Waals surface area contributed by atoms with E-state index in [0.717, 1.165) is 16.6 Å². The molecule has 0 bridgehead atoms. The first-order valence-electron chi connectivity index (χ1n) is 8.91. The maximum Gasteiger partial charge on any atom is 0.227 e. The molecule has 0 amide bonds. The average molecular weight is 443 g/mol. The van der Waals surface area contributed by atoms with Crippen LogP contribution >= 0.6 is 11.6 Å². The number of hydrogen-bond acceptors (Lipinski definition) is 7. The lowest BCUT2D eigenvalue weighted by Gasteiger charge is -2.12. The Balaban J connectivity index is 1.71. The Hall–Kier alpha value is -3.17. The molecule has 154 valence electrons. The van der Waals surface area contributed by atoms with Gasteiger partial charge in [0.2, 0.25) is 5.95 Å². The smallest absolute Gasteiger partial charge is 0.227 e. The maximum atomic E-state index is 11.9. The number of methoxy groups -OCH3 is 1. The topological polar surface area (TPSA) is 105 Å². The van der Waals surface area contributed by atoms with Crippen molar-refractivity contribution in [3.63, 3.8) is 0 Å². The molecule has 10 heteroatoms. The molecular formula is C20H19ClN6O2S. The summed E-state index contributed by atoms with van der Waals surface area (Å²) in [7, 11) is -0.728. The fourth-order valence-corrected chi connectivity index (χ4v) is 3.80. The number of ether oxygens (including phenoxy) is 1. The number of benzene rings is 1. The molecule has 0 saturated heterocycles. The van der Waals surface area contributed by atoms with E-state index in [0.29, 0.717) is 33.8 Å². The second kappa shape index (κ2) is 7.92. The van der Waals surface area contributed by atoms with Gasteiger partial charge in [-0.15, -0.1) is 0 Å². The van der Waals surface area contributed by atoms with Crippen molar-refractivity contribution in [2.45, 2.75) is 0 Å². The number of fused-ring (bicyclic) bond motifs is 1. The second-order valence-electron chi connectivity index (χ2n) is 6.77. The molecule has 30 heavy (non-hydrogen) atoms. The second-order valence-corrected chi connectivity index (χ2v) is 9.73. The van der Waals surface area contributed by atoms with Gasteiger partial charge in [0.05, 0.1) is 35.4 Å². The molecule has 0 aliphatic heterocycles. The van der Waals surface area contributed by atoms with Gasteiger partial charge in [0.15, 0.2) is 0 Å². The first-order valence-corrected chi connectivity index (χ1v) is 11.6. The zero-order chi connectivity index (χ0) is 21.3. The fourth-order valence-electron chi connectivity index (χ4n) is 2.98. The maximum absolute atomic E-state index is 11.9. The Bertz CT molecular complexity index is 1350. The monoisotopic (exact) mass is 442 g/mol. The van der Waals surface area contributed by atoms with Crippen LogP contribution in [0.25, 0.3) is 22.3 Å². The van der Waals surface area contributed by atoms with E-state index in [4.69, 9.17) is 16.3 Å². The minimum atomic E-state index is -2.28. The fraction of sp³-hybridized carbons (Fsp3) is 0.150. The van der Waals surface area contributed by atoms with E-state index < -0.39 is 9.73 Å². The van der Waals surface area contributed by atoms with Gasteiger partial charge in [0, 0.05) is 51.7 Å². The van der Waals surface area contributed by atoms with Crippen molar-refractivity contribution in [3.05, 3.63) is 53.9 Å². The van der Waals surface area contributed by atoms with E-state index in [-0.39, 0.29) is 0 Å². The van der Waals surface area contributed by atoms with Crippen LogP contribution < -0.4 is 10.1 Å². The molecule has 0 atom stereocenters. The summed E-state index contributed by atoms with van der Waals surface area (Å²) in [5.41, 5.74) is 3.37. The molecule has 0 spiro atoms. The zero-order valence-corrected chi connectivity index (χ0v) is 18.1. The third kappa shape index (κ3) is 4.22. The van der Waals surface area contributed by atoms with E-state index in [1.165, 1.54) is 0 Å². The summed E-state index contributed by atoms with van der Waals surface area (Å²) in [5.74, 6) is 0.877. The van der Waals surface area contributed by atoms with Crippen LogP contribution in [-0.2, 0) is 9.73 Å². The van der Waals surface area contributed by atoms with Crippen molar-refractivity contribution >= 4 is 49.7 Å². The van der Waals surface area contributed by atoms with Gasteiger partial charge >= 0.3 is 0 Å². The Kier molecular flexibility index (Phi) is 5.31. The first-order chi connectivity index (χ1) is 14.3. The number of pyridine rings is 1. The van der Waals surface area contributed by atoms with Gasteiger partial charge < -0.3 is 15.0 Å². The molecule has 2 N–H and O–H groups in total. The van der Waals surface area contributed by atoms with Crippen molar-refractivity contribution in [2.24, 2.45) is 4.36 Å². The van der Waals surface area contributed by atoms with Crippen LogP contribution in [0, 0.1) is 0 Å². The molecule has 4 rings (SSSR count). The minimum absolute atomic E-state index is 0.352. The predicted octanol–water partition coefficient (Wildman–Crippen LogP) is 4.78. The van der Waals surface area contributed by atoms with Crippen molar-refractivity contribution in [1.82, 2.24) is 19.9 Å². The highest BCUT2D eigenvalue weighted by Gasteiger charge is 2.14. The summed E-state index contributed by atoms with van der Waals surface area (Å²) in [6.07, 6.45) is 8.24. The van der Waals surface area contributed by atoms with Gasteiger partial charge in [-0.1, -0.05) is 11.6 Å². The Morgan fingerprint density at radius 3 is 2.83 bits per heavy atom. The first kappa shape index (κ1) is 20.1. The van der Waals surface area contributed by atoms with Gasteiger partial charge in [-0.3, -0.25) is 0 Å². The van der Waals surface area contributed by atoms with Crippen LogP contribution in [0.1, 0.15) is 0 Å². The number of aromatic nitrogens is 4. The lowest BCUT2D eigenvalue weighted by Crippen LogP contribution is -2.00. The number of nitrogens with one attached hydrogen (secondary N) is 2. The normalized spacial score (nSPS) is 11.5. The van der Waals surface area contributed by atoms with Crippen molar-refractivity contribution in [2.75, 3.05) is 24.9 Å². The number of H-pyrrole nitrogens is 1. The number of aromatic amines is 1. The van der Waals surface area contributed by atoms with E-state index in [9.17, 15) is 4.21 Å². The molecule has 3 heterocycles. The molecule has 0 aliphatic rings. The molecule has 0 saturated carbocycles. The van der Waals surface area contributed by atoms with Gasteiger partial charge in [0.1, 0.15) is 11.4 Å². The molecule has 4 aromatic rings. The van der Waals surface area contributed by atoms with E-state index in [1.807, 2.05) is 18.3 Å². The summed E-state index contributed by atoms with van der Waals surface area (Å²) >= 11 is 6.38. The average Bonchev–Trinajstić information content (AvgIpc) is 3.13. The molecule has 1 aromatic carbocycles. The number of hydrogen-bond donors (Lipinski definition) is 2. The summed E-state index contributed by atoms with van der Waals surface area (Å²) in [5, 5.41) is 4.48. The third-order valence-corrected chi connectivity index (χ3v) is 5.13. The van der Waals surface area contributed by atoms with Crippen LogP contribution in [0.15, 0.2) is 53.3 Å². The van der Waals surface area contributed by atoms with Crippen LogP contribution in [0.3, 0.4) is 0 Å². The molecule has 0 fully saturated rings. The Morgan fingerprint density at radius 2 is 2.07 bits per heavy atom. The van der Waals surface area contributed by atoms with Crippen LogP contribution in [0.5, 0.6) is 5.75 Å². The van der Waals surface area contributed by atoms with E-state index >= 15 is 0 Å². The van der Waals surface area contributed by atoms with Crippen molar-refractivity contribution in [1.29, 1.82) is 0 Å². The standard InChI is InChI=1S/C20H19ClN6O2S/c1-29-17-9-12(27-30(2,3)28)6-7-16(17)25-20-24-11-15(21)18(26-20)14-10-23-19-13(14)5-4-8-22-19/h4-11H,1-3H3,(H,22,23)(H,24,25,26). The van der Waals surface area contributed by atoms with Crippen LogP contribution in [0.4, 0.5) is 17.3 Å². The van der Waals surface area contributed by atoms with Crippen LogP contribution in [-0.4, -0.2) is 43.8 Å². The van der Waals surface area contributed by atoms with Crippen molar-refractivity contribution in [3.8, 4) is 17.0 Å². The number of halogens is 1. The number of anilines is 2. The quantitative estimate of drug-likeness (QED) is 0.460. The van der Waals surface area contributed by atoms with Crippen LogP contribution in [0.2, 0.25) is 5.02 Å². The van der Waals surface area contributed by atoms with Gasteiger partial charge in [0.25, 0.3) is 0 Å². The zero-order valence-electron chi connectivity index (χ0n) is 16.5. The SMILES string of the molecule is COc1cc(N=S(C)(C)=O)ccc1Nc1ncc(Cl)c(-c2c[nH]c3ncccc23)n1. The highest BCUT2D eigenvalue weighted by Crippen LogP contribution is 2.34. The van der Waals surface area contributed by atoms with E-state index in [1.54, 1.807) is 50.2 Å². The highest BCUT2D eigenvalue weighted by molar-refractivity contribution is 7.92. The Labute approximate surface area is 178 Å². The number of nitrogens with zero attached hydrogens (tertiary/aromatic N) is 4. The molecule has 8 nitrogen and oxygen atoms in total. The summed E-state index contributed by atoms with van der Waals surface area (Å²) in [6, 6.07) is 9.04. The summed E-state index contributed by atoms with van der Waals surface area (Å²) < 4.78 is 21.6. The van der Waals surface area contributed by atoms with Gasteiger partial charge in [-0.05, 0) is 24.3 Å². The summed E-state index contributed by atoms with van der Waals surface area (Å²) in [6.45, 7) is 0. The number of rotatable bonds is 5. The van der Waals surface area contributed by atoms with E-state index in [2.05, 4.69) is 29.6 Å².